The normalized spacial score (nSPS) is 26.7. The number of amides is 11. The van der Waals surface area contributed by atoms with Gasteiger partial charge in [-0.15, -0.1) is 0 Å². The minimum Gasteiger partial charge on any atom is -0.351 e. The molecule has 2 aromatic rings. The zero-order chi connectivity index (χ0) is 67.6. The number of hydrogen-bond donors (Lipinski definition) is 4. The molecule has 2 saturated heterocycles. The lowest BCUT2D eigenvalue weighted by molar-refractivity contribution is -0.150. The number of nitrogens with zero attached hydrogens (tertiary/aromatic N) is 7. The van der Waals surface area contributed by atoms with Crippen LogP contribution < -0.4 is 21.3 Å². The molecular formula is C64H90ClF4N11O11. The Morgan fingerprint density at radius 3 is 1.84 bits per heavy atom. The van der Waals surface area contributed by atoms with Gasteiger partial charge < -0.3 is 55.6 Å². The van der Waals surface area contributed by atoms with E-state index in [0.29, 0.717) is 44.1 Å². The predicted molar refractivity (Wildman–Crippen MR) is 329 cm³/mol. The molecule has 2 saturated carbocycles. The number of aryl methyl sites for hydroxylation is 1. The summed E-state index contributed by atoms with van der Waals surface area (Å²) < 4.78 is 55.6. The van der Waals surface area contributed by atoms with Crippen molar-refractivity contribution in [2.24, 2.45) is 11.8 Å². The van der Waals surface area contributed by atoms with Crippen LogP contribution in [0.15, 0.2) is 42.5 Å². The fraction of sp³-hybridized carbons (Fsp3) is 0.641. The first-order valence-corrected chi connectivity index (χ1v) is 31.8. The van der Waals surface area contributed by atoms with Gasteiger partial charge in [-0.25, -0.2) is 4.39 Å². The number of likely N-dealkylation sites (N-methyl/N-ethyl adjacent to an activating group) is 6. The van der Waals surface area contributed by atoms with E-state index in [9.17, 15) is 60.7 Å². The number of alkyl halides is 3. The van der Waals surface area contributed by atoms with Gasteiger partial charge in [-0.2, -0.15) is 13.2 Å². The van der Waals surface area contributed by atoms with E-state index in [2.05, 4.69) is 21.3 Å². The zero-order valence-corrected chi connectivity index (χ0v) is 54.8. The van der Waals surface area contributed by atoms with Crippen LogP contribution in [0.1, 0.15) is 135 Å². The highest BCUT2D eigenvalue weighted by atomic mass is 35.5. The van der Waals surface area contributed by atoms with Crippen LogP contribution in [0.4, 0.5) is 17.6 Å². The van der Waals surface area contributed by atoms with Crippen molar-refractivity contribution in [1.82, 2.24) is 55.6 Å². The van der Waals surface area contributed by atoms with E-state index in [4.69, 9.17) is 11.6 Å². The van der Waals surface area contributed by atoms with Crippen molar-refractivity contribution in [1.29, 1.82) is 0 Å². The zero-order valence-electron chi connectivity index (χ0n) is 54.1. The maximum absolute atomic E-state index is 15.2. The van der Waals surface area contributed by atoms with E-state index in [0.717, 1.165) is 56.7 Å². The molecule has 91 heavy (non-hydrogen) atoms. The molecule has 2 aliphatic heterocycles. The van der Waals surface area contributed by atoms with Crippen LogP contribution >= 0.6 is 11.6 Å². The average molecular weight is 1300 g/mol. The fourth-order valence-electron chi connectivity index (χ4n) is 12.6. The molecule has 22 nitrogen and oxygen atoms in total. The highest BCUT2D eigenvalue weighted by Gasteiger charge is 2.50. The Morgan fingerprint density at radius 2 is 1.23 bits per heavy atom. The second-order valence-electron chi connectivity index (χ2n) is 25.4. The van der Waals surface area contributed by atoms with E-state index < -0.39 is 160 Å². The minimum absolute atomic E-state index is 0.0242. The van der Waals surface area contributed by atoms with Gasteiger partial charge in [-0.1, -0.05) is 75.8 Å². The van der Waals surface area contributed by atoms with E-state index in [1.54, 1.807) is 20.8 Å². The van der Waals surface area contributed by atoms with Crippen molar-refractivity contribution in [2.45, 2.75) is 191 Å². The van der Waals surface area contributed by atoms with Crippen molar-refractivity contribution in [2.75, 3.05) is 61.9 Å². The van der Waals surface area contributed by atoms with Crippen LogP contribution in [0, 0.1) is 17.7 Å². The van der Waals surface area contributed by atoms with Crippen molar-refractivity contribution in [3.8, 4) is 0 Å². The lowest BCUT2D eigenvalue weighted by Crippen LogP contribution is -2.64. The van der Waals surface area contributed by atoms with Crippen LogP contribution in [0.3, 0.4) is 0 Å². The van der Waals surface area contributed by atoms with Crippen LogP contribution in [-0.4, -0.2) is 215 Å². The number of benzene rings is 2. The van der Waals surface area contributed by atoms with Gasteiger partial charge in [0.15, 0.2) is 0 Å². The van der Waals surface area contributed by atoms with Gasteiger partial charge in [-0.05, 0) is 119 Å². The molecule has 4 fully saturated rings. The van der Waals surface area contributed by atoms with E-state index in [-0.39, 0.29) is 63.0 Å². The van der Waals surface area contributed by atoms with Crippen molar-refractivity contribution in [3.05, 3.63) is 70.0 Å². The Morgan fingerprint density at radius 1 is 0.637 bits per heavy atom. The van der Waals surface area contributed by atoms with Gasteiger partial charge in [0.05, 0.1) is 23.7 Å². The van der Waals surface area contributed by atoms with Gasteiger partial charge >= 0.3 is 6.18 Å². The molecule has 2 aliphatic carbocycles. The number of halogens is 5. The van der Waals surface area contributed by atoms with Gasteiger partial charge in [0.1, 0.15) is 53.6 Å². The summed E-state index contributed by atoms with van der Waals surface area (Å²) in [6, 6.07) is -1.35. The maximum atomic E-state index is 15.2. The quantitative estimate of drug-likeness (QED) is 0.268. The fourth-order valence-corrected chi connectivity index (χ4v) is 12.9. The van der Waals surface area contributed by atoms with Gasteiger partial charge in [-0.3, -0.25) is 52.7 Å². The summed E-state index contributed by atoms with van der Waals surface area (Å²) in [7, 11) is 8.18. The molecule has 27 heteroatoms. The molecule has 0 radical (unpaired) electrons. The Balaban J connectivity index is 1.38. The molecule has 4 aliphatic rings. The van der Waals surface area contributed by atoms with Crippen LogP contribution in [0.2, 0.25) is 5.02 Å². The summed E-state index contributed by atoms with van der Waals surface area (Å²) in [4.78, 5) is 167. The third-order valence-corrected chi connectivity index (χ3v) is 19.3. The summed E-state index contributed by atoms with van der Waals surface area (Å²) in [5.41, 5.74) is -1.91. The molecule has 0 unspecified atom stereocenters. The smallest absolute Gasteiger partial charge is 0.351 e. The summed E-state index contributed by atoms with van der Waals surface area (Å²) in [5, 5.41) is 10.9. The lowest BCUT2D eigenvalue weighted by atomic mass is 9.90. The first-order chi connectivity index (χ1) is 42.7. The van der Waals surface area contributed by atoms with E-state index in [1.165, 1.54) is 89.0 Å². The molecule has 4 N–H and O–H groups in total. The minimum atomic E-state index is -4.77. The van der Waals surface area contributed by atoms with Crippen molar-refractivity contribution >= 4 is 76.6 Å². The standard InChI is InChI=1S/C64H90ClF4N11O11/c1-12-37(2)53-61(90)75(7)35-51(82)74(6)36-52(83)78(10)49(34-42-21-25-44(66)26-22-42)60(89)77(9)40(5)55(84)71-47(28-24-41-23-27-45(46(65)33-41)64(67,68)69)59(88)80-31-17-20-48(80)57(86)73-63(29-15-16-30-63)62(91)79(11)54(43-18-13-14-19-43)58(87)70-38(3)32-50(81)76(8)39(4)56(85)72-53/h21-23,25-27,33,37-40,43,47-49,53-54H,12-20,24,28-32,34-36H2,1-11H3,(H,70,87)(H,71,84)(H,72,85)(H,73,86)/t37-,38+,39-,40+,47-,48-,49-,53-,54-/m0/s1. The Kier molecular flexibility index (Phi) is 25.0. The molecule has 0 bridgehead atoms. The molecule has 2 heterocycles. The van der Waals surface area contributed by atoms with Gasteiger partial charge in [0.2, 0.25) is 65.0 Å². The summed E-state index contributed by atoms with van der Waals surface area (Å²) in [5.74, 6) is -8.78. The Bertz CT molecular complexity index is 3020. The summed E-state index contributed by atoms with van der Waals surface area (Å²) >= 11 is 6.11. The van der Waals surface area contributed by atoms with E-state index >= 15 is 9.59 Å². The number of nitrogens with one attached hydrogen (secondary N) is 4. The third kappa shape index (κ3) is 17.8. The number of carbonyl (C=O) groups excluding carboxylic acids is 11. The number of fused-ring (bicyclic) bond motifs is 1. The third-order valence-electron chi connectivity index (χ3n) is 18.9. The molecule has 11 amide bonds. The average Bonchev–Trinajstić information content (AvgIpc) is 1.80. The second kappa shape index (κ2) is 31.3. The number of hydrogen-bond acceptors (Lipinski definition) is 11. The summed E-state index contributed by atoms with van der Waals surface area (Å²) in [6.07, 6.45) is -0.399. The van der Waals surface area contributed by atoms with Crippen LogP contribution in [0.25, 0.3) is 0 Å². The largest absolute Gasteiger partial charge is 0.417 e. The molecule has 9 atom stereocenters. The molecule has 1 spiro atoms. The molecule has 502 valence electrons. The highest BCUT2D eigenvalue weighted by molar-refractivity contribution is 6.31. The first kappa shape index (κ1) is 72.7. The molecule has 2 aromatic carbocycles. The second-order valence-corrected chi connectivity index (χ2v) is 25.8. The molecule has 6 rings (SSSR count). The van der Waals surface area contributed by atoms with E-state index in [1.807, 2.05) is 0 Å². The monoisotopic (exact) mass is 1300 g/mol. The Labute approximate surface area is 535 Å². The first-order valence-electron chi connectivity index (χ1n) is 31.4. The SMILES string of the molecule is CC[C@H](C)[C@@H]1NC(=O)[C@H](C)N(C)C(=O)C[C@@H](C)NC(=O)[C@H](C2CCCC2)N(C)C(=O)C2(CCCC2)NC(=O)[C@@H]2CCCN2C(=O)[C@H](CCc2ccc(C(F)(F)F)c(Cl)c2)NC(=O)[C@@H](C)N(C)C(=O)[C@H](Cc2ccc(F)cc2)N(C)C(=O)CN(C)C(=O)CN(C)C1=O. The maximum Gasteiger partial charge on any atom is 0.417 e. The van der Waals surface area contributed by atoms with Gasteiger partial charge in [0.25, 0.3) is 0 Å². The number of rotatable bonds is 8. The lowest BCUT2D eigenvalue weighted by Gasteiger charge is -2.40. The van der Waals surface area contributed by atoms with Crippen molar-refractivity contribution < 1.29 is 70.3 Å². The van der Waals surface area contributed by atoms with Gasteiger partial charge in [0, 0.05) is 67.7 Å². The molecule has 0 aromatic heterocycles. The number of carbonyl (C=O) groups is 11. The van der Waals surface area contributed by atoms with Crippen LogP contribution in [0.5, 0.6) is 0 Å². The predicted octanol–water partition coefficient (Wildman–Crippen LogP) is 4.47. The van der Waals surface area contributed by atoms with Crippen molar-refractivity contribution in [3.63, 3.8) is 0 Å². The topological polar surface area (TPSA) is 259 Å². The van der Waals surface area contributed by atoms with Crippen LogP contribution in [-0.2, 0) is 71.8 Å². The molecular weight excluding hydrogens is 1210 g/mol. The Hall–Kier alpha value is -7.38. The highest BCUT2D eigenvalue weighted by Crippen LogP contribution is 2.38. The summed E-state index contributed by atoms with van der Waals surface area (Å²) in [6.45, 7) is 6.85.